The fraction of sp³-hybridized carbons (Fsp3) is 0.182. The fourth-order valence-electron chi connectivity index (χ4n) is 1.20. The van der Waals surface area contributed by atoms with E-state index in [1.165, 1.54) is 16.0 Å². The molecule has 15 heavy (non-hydrogen) atoms. The lowest BCUT2D eigenvalue weighted by Gasteiger charge is -2.03. The molecule has 0 aliphatic rings. The van der Waals surface area contributed by atoms with Gasteiger partial charge >= 0.3 is 0 Å². The SMILES string of the molecule is Cc1ccc(C)c(Sc2nc(Cl)cs2)c1. The van der Waals surface area contributed by atoms with Crippen LogP contribution in [0.1, 0.15) is 11.1 Å². The van der Waals surface area contributed by atoms with Crippen LogP contribution in [0.25, 0.3) is 0 Å². The lowest BCUT2D eigenvalue weighted by atomic mass is 10.2. The summed E-state index contributed by atoms with van der Waals surface area (Å²) in [5.74, 6) is 0. The number of aromatic nitrogens is 1. The Hall–Kier alpha value is -0.510. The smallest absolute Gasteiger partial charge is 0.156 e. The normalized spacial score (nSPS) is 10.6. The third-order valence-electron chi connectivity index (χ3n) is 2.00. The van der Waals surface area contributed by atoms with Gasteiger partial charge in [-0.15, -0.1) is 11.3 Å². The predicted octanol–water partition coefficient (Wildman–Crippen LogP) is 4.56. The van der Waals surface area contributed by atoms with Crippen LogP contribution in [0, 0.1) is 13.8 Å². The second kappa shape index (κ2) is 4.56. The maximum atomic E-state index is 5.78. The van der Waals surface area contributed by atoms with E-state index < -0.39 is 0 Å². The van der Waals surface area contributed by atoms with Crippen LogP contribution in [0.15, 0.2) is 32.8 Å². The van der Waals surface area contributed by atoms with Gasteiger partial charge in [-0.2, -0.15) is 0 Å². The minimum atomic E-state index is 0.577. The lowest BCUT2D eigenvalue weighted by molar-refractivity contribution is 1.22. The van der Waals surface area contributed by atoms with Crippen molar-refractivity contribution in [3.63, 3.8) is 0 Å². The number of nitrogens with zero attached hydrogens (tertiary/aromatic N) is 1. The number of rotatable bonds is 2. The lowest BCUT2D eigenvalue weighted by Crippen LogP contribution is -1.81. The standard InChI is InChI=1S/C11H10ClNS2/c1-7-3-4-8(2)9(5-7)15-11-13-10(12)6-14-11/h3-6H,1-2H3. The van der Waals surface area contributed by atoms with Crippen molar-refractivity contribution in [2.24, 2.45) is 0 Å². The molecule has 0 fully saturated rings. The Morgan fingerprint density at radius 3 is 2.80 bits per heavy atom. The van der Waals surface area contributed by atoms with E-state index in [1.807, 2.05) is 5.38 Å². The summed E-state index contributed by atoms with van der Waals surface area (Å²) >= 11 is 9.03. The second-order valence-corrected chi connectivity index (χ2v) is 5.84. The molecular formula is C11H10ClNS2. The average molecular weight is 256 g/mol. The molecule has 0 N–H and O–H groups in total. The molecule has 0 aliphatic carbocycles. The summed E-state index contributed by atoms with van der Waals surface area (Å²) in [6.07, 6.45) is 0. The van der Waals surface area contributed by atoms with Crippen molar-refractivity contribution in [1.82, 2.24) is 4.98 Å². The highest BCUT2D eigenvalue weighted by Gasteiger charge is 2.05. The topological polar surface area (TPSA) is 12.9 Å². The molecule has 0 bridgehead atoms. The van der Waals surface area contributed by atoms with Crippen LogP contribution in [0.5, 0.6) is 0 Å². The highest BCUT2D eigenvalue weighted by atomic mass is 35.5. The first kappa shape index (κ1) is 11.0. The molecule has 0 saturated carbocycles. The second-order valence-electron chi connectivity index (χ2n) is 3.31. The Bertz CT molecular complexity index is 479. The predicted molar refractivity (Wildman–Crippen MR) is 67.2 cm³/mol. The quantitative estimate of drug-likeness (QED) is 0.780. The number of halogens is 1. The maximum absolute atomic E-state index is 5.78. The van der Waals surface area contributed by atoms with E-state index in [0.29, 0.717) is 5.15 Å². The number of aryl methyl sites for hydroxylation is 2. The molecule has 0 aliphatic heterocycles. The minimum Gasteiger partial charge on any atom is -0.218 e. The van der Waals surface area contributed by atoms with Gasteiger partial charge in [-0.1, -0.05) is 35.5 Å². The zero-order valence-electron chi connectivity index (χ0n) is 8.45. The van der Waals surface area contributed by atoms with Crippen LogP contribution in [0.3, 0.4) is 0 Å². The zero-order chi connectivity index (χ0) is 10.8. The summed E-state index contributed by atoms with van der Waals surface area (Å²) in [6, 6.07) is 6.43. The molecule has 0 saturated heterocycles. The Labute approximate surface area is 103 Å². The largest absolute Gasteiger partial charge is 0.218 e. The Morgan fingerprint density at radius 2 is 2.13 bits per heavy atom. The molecule has 1 nitrogen and oxygen atoms in total. The number of thiazole rings is 1. The van der Waals surface area contributed by atoms with Gasteiger partial charge in [0.05, 0.1) is 0 Å². The van der Waals surface area contributed by atoms with Crippen LogP contribution >= 0.6 is 34.7 Å². The van der Waals surface area contributed by atoms with Gasteiger partial charge in [0.15, 0.2) is 4.34 Å². The number of hydrogen-bond donors (Lipinski definition) is 0. The van der Waals surface area contributed by atoms with Crippen LogP contribution < -0.4 is 0 Å². The highest BCUT2D eigenvalue weighted by Crippen LogP contribution is 2.33. The van der Waals surface area contributed by atoms with Gasteiger partial charge in [0, 0.05) is 10.3 Å². The number of benzene rings is 1. The summed E-state index contributed by atoms with van der Waals surface area (Å²) in [4.78, 5) is 5.47. The molecule has 0 radical (unpaired) electrons. The molecule has 78 valence electrons. The average Bonchev–Trinajstić information content (AvgIpc) is 2.58. The van der Waals surface area contributed by atoms with E-state index >= 15 is 0 Å². The molecule has 0 spiro atoms. The van der Waals surface area contributed by atoms with E-state index in [0.717, 1.165) is 4.34 Å². The summed E-state index contributed by atoms with van der Waals surface area (Å²) < 4.78 is 0.994. The monoisotopic (exact) mass is 255 g/mol. The summed E-state index contributed by atoms with van der Waals surface area (Å²) in [5.41, 5.74) is 2.54. The van der Waals surface area contributed by atoms with Crippen molar-refractivity contribution in [1.29, 1.82) is 0 Å². The molecule has 1 aromatic heterocycles. The van der Waals surface area contributed by atoms with Crippen LogP contribution in [0.2, 0.25) is 5.15 Å². The van der Waals surface area contributed by atoms with Gasteiger partial charge in [0.1, 0.15) is 5.15 Å². The molecular weight excluding hydrogens is 246 g/mol. The molecule has 0 amide bonds. The van der Waals surface area contributed by atoms with Gasteiger partial charge in [-0.05, 0) is 31.0 Å². The molecule has 0 atom stereocenters. The first-order valence-electron chi connectivity index (χ1n) is 4.51. The third kappa shape index (κ3) is 2.74. The zero-order valence-corrected chi connectivity index (χ0v) is 10.8. The van der Waals surface area contributed by atoms with Gasteiger partial charge in [0.25, 0.3) is 0 Å². The Balaban J connectivity index is 2.27. The van der Waals surface area contributed by atoms with Crippen molar-refractivity contribution in [2.75, 3.05) is 0 Å². The van der Waals surface area contributed by atoms with Crippen molar-refractivity contribution in [3.8, 4) is 0 Å². The number of hydrogen-bond acceptors (Lipinski definition) is 3. The van der Waals surface area contributed by atoms with Crippen LogP contribution in [0.4, 0.5) is 0 Å². The summed E-state index contributed by atoms with van der Waals surface area (Å²) in [7, 11) is 0. The van der Waals surface area contributed by atoms with Gasteiger partial charge < -0.3 is 0 Å². The highest BCUT2D eigenvalue weighted by molar-refractivity contribution is 8.01. The molecule has 1 aromatic carbocycles. The molecule has 4 heteroatoms. The van der Waals surface area contributed by atoms with E-state index in [-0.39, 0.29) is 0 Å². The minimum absolute atomic E-state index is 0.577. The molecule has 2 rings (SSSR count). The van der Waals surface area contributed by atoms with Crippen molar-refractivity contribution in [3.05, 3.63) is 39.9 Å². The first-order valence-corrected chi connectivity index (χ1v) is 6.59. The Kier molecular flexibility index (Phi) is 3.34. The van der Waals surface area contributed by atoms with Gasteiger partial charge in [-0.25, -0.2) is 4.98 Å². The molecule has 0 unspecified atom stereocenters. The van der Waals surface area contributed by atoms with Crippen molar-refractivity contribution in [2.45, 2.75) is 23.1 Å². The van der Waals surface area contributed by atoms with E-state index in [4.69, 9.17) is 11.6 Å². The van der Waals surface area contributed by atoms with E-state index in [2.05, 4.69) is 37.0 Å². The molecule has 1 heterocycles. The Morgan fingerprint density at radius 1 is 1.33 bits per heavy atom. The van der Waals surface area contributed by atoms with Gasteiger partial charge in [0.2, 0.25) is 0 Å². The van der Waals surface area contributed by atoms with Gasteiger partial charge in [-0.3, -0.25) is 0 Å². The van der Waals surface area contributed by atoms with Crippen LogP contribution in [-0.4, -0.2) is 4.98 Å². The van der Waals surface area contributed by atoms with E-state index in [1.54, 1.807) is 23.1 Å². The van der Waals surface area contributed by atoms with Crippen molar-refractivity contribution < 1.29 is 0 Å². The first-order chi connectivity index (χ1) is 7.15. The summed E-state index contributed by atoms with van der Waals surface area (Å²) in [5, 5.41) is 2.43. The maximum Gasteiger partial charge on any atom is 0.156 e. The fourth-order valence-corrected chi connectivity index (χ4v) is 3.33. The summed E-state index contributed by atoms with van der Waals surface area (Å²) in [6.45, 7) is 4.20. The van der Waals surface area contributed by atoms with Crippen LogP contribution in [-0.2, 0) is 0 Å². The molecule has 2 aromatic rings. The van der Waals surface area contributed by atoms with Crippen molar-refractivity contribution >= 4 is 34.7 Å². The third-order valence-corrected chi connectivity index (χ3v) is 4.42. The van der Waals surface area contributed by atoms with E-state index in [9.17, 15) is 0 Å².